The van der Waals surface area contributed by atoms with Crippen LogP contribution in [0.1, 0.15) is 83.9 Å². The van der Waals surface area contributed by atoms with E-state index in [9.17, 15) is 0 Å². The average molecular weight is 513 g/mol. The van der Waals surface area contributed by atoms with Crippen LogP contribution in [0.15, 0.2) is 24.3 Å². The fraction of sp³-hybridized carbons (Fsp3) is 0.480. The molecule has 0 nitrogen and oxygen atoms in total. The summed E-state index contributed by atoms with van der Waals surface area (Å²) in [6, 6.07) is 8.68. The molecule has 140 valence electrons. The molecule has 0 saturated carbocycles. The predicted octanol–water partition coefficient (Wildman–Crippen LogP) is 7.52. The number of hydrogen-bond acceptors (Lipinski definition) is 0. The Morgan fingerprint density at radius 3 is 2.08 bits per heavy atom. The third kappa shape index (κ3) is 5.59. The Hall–Kier alpha value is -0.820. The zero-order chi connectivity index (χ0) is 18.4. The first-order chi connectivity index (χ1) is 12.0. The summed E-state index contributed by atoms with van der Waals surface area (Å²) in [5, 5.41) is 0. The number of rotatable bonds is 5. The SMILES string of the molecule is CCCCCCC1[C-]=Cc2ccccc21.Cc1c(C)c(C)[c-](C)c1C.[Hf]. The summed E-state index contributed by atoms with van der Waals surface area (Å²) in [4.78, 5) is 0. The van der Waals surface area contributed by atoms with E-state index in [1.807, 2.05) is 0 Å². The van der Waals surface area contributed by atoms with Crippen molar-refractivity contribution >= 4 is 6.08 Å². The fourth-order valence-electron chi connectivity index (χ4n) is 3.66. The van der Waals surface area contributed by atoms with Crippen molar-refractivity contribution in [3.63, 3.8) is 0 Å². The molecule has 0 saturated heterocycles. The van der Waals surface area contributed by atoms with E-state index in [0.717, 1.165) is 0 Å². The van der Waals surface area contributed by atoms with E-state index in [2.05, 4.69) is 78.0 Å². The average Bonchev–Trinajstić information content (AvgIpc) is 3.12. The Morgan fingerprint density at radius 2 is 1.54 bits per heavy atom. The summed E-state index contributed by atoms with van der Waals surface area (Å²) in [5.74, 6) is 0.568. The van der Waals surface area contributed by atoms with Crippen molar-refractivity contribution < 1.29 is 25.8 Å². The Balaban J connectivity index is 0.000000270. The third-order valence-electron chi connectivity index (χ3n) is 5.97. The number of hydrogen-bond donors (Lipinski definition) is 0. The molecule has 2 aromatic carbocycles. The van der Waals surface area contributed by atoms with Gasteiger partial charge in [0.25, 0.3) is 0 Å². The second-order valence-corrected chi connectivity index (χ2v) is 7.47. The van der Waals surface area contributed by atoms with E-state index in [1.165, 1.54) is 71.0 Å². The molecule has 1 aliphatic rings. The van der Waals surface area contributed by atoms with Gasteiger partial charge in [0.05, 0.1) is 0 Å². The zero-order valence-electron chi connectivity index (χ0n) is 17.5. The minimum atomic E-state index is 0. The van der Waals surface area contributed by atoms with Crippen LogP contribution >= 0.6 is 0 Å². The van der Waals surface area contributed by atoms with Crippen LogP contribution in [0.2, 0.25) is 0 Å². The van der Waals surface area contributed by atoms with Gasteiger partial charge >= 0.3 is 0 Å². The molecule has 26 heavy (non-hydrogen) atoms. The molecule has 1 heteroatoms. The van der Waals surface area contributed by atoms with Gasteiger partial charge in [-0.15, -0.1) is 11.6 Å². The Bertz CT molecular complexity index is 638. The van der Waals surface area contributed by atoms with Gasteiger partial charge in [-0.1, -0.05) is 97.8 Å². The summed E-state index contributed by atoms with van der Waals surface area (Å²) in [6.07, 6.45) is 12.3. The van der Waals surface area contributed by atoms with Gasteiger partial charge < -0.3 is 0 Å². The van der Waals surface area contributed by atoms with E-state index in [-0.39, 0.29) is 25.8 Å². The largest absolute Gasteiger partial charge is 0.268 e. The van der Waals surface area contributed by atoms with E-state index < -0.39 is 0 Å². The molecule has 1 atom stereocenters. The summed E-state index contributed by atoms with van der Waals surface area (Å²) in [5.41, 5.74) is 10.2. The van der Waals surface area contributed by atoms with Crippen LogP contribution in [-0.4, -0.2) is 0 Å². The maximum absolute atomic E-state index is 3.47. The van der Waals surface area contributed by atoms with E-state index in [0.29, 0.717) is 5.92 Å². The first kappa shape index (κ1) is 23.2. The molecule has 0 bridgehead atoms. The van der Waals surface area contributed by atoms with Crippen molar-refractivity contribution in [2.45, 2.75) is 79.6 Å². The molecule has 0 aromatic heterocycles. The van der Waals surface area contributed by atoms with Gasteiger partial charge in [-0.3, -0.25) is 6.08 Å². The topological polar surface area (TPSA) is 0 Å². The Kier molecular flexibility index (Phi) is 9.93. The monoisotopic (exact) mass is 514 g/mol. The molecule has 0 radical (unpaired) electrons. The normalized spacial score (nSPS) is 14.5. The second kappa shape index (κ2) is 11.1. The molecule has 0 aliphatic heterocycles. The molecule has 1 aliphatic carbocycles. The molecule has 0 N–H and O–H groups in total. The number of allylic oxidation sites excluding steroid dienone is 1. The number of fused-ring (bicyclic) bond motifs is 1. The molecule has 0 heterocycles. The van der Waals surface area contributed by atoms with Crippen molar-refractivity contribution in [1.29, 1.82) is 0 Å². The van der Waals surface area contributed by atoms with E-state index >= 15 is 0 Å². The van der Waals surface area contributed by atoms with Crippen molar-refractivity contribution in [2.24, 2.45) is 0 Å². The molecule has 2 aromatic rings. The third-order valence-corrected chi connectivity index (χ3v) is 5.97. The van der Waals surface area contributed by atoms with Gasteiger partial charge in [0, 0.05) is 25.8 Å². The van der Waals surface area contributed by atoms with Crippen molar-refractivity contribution in [3.8, 4) is 0 Å². The number of benzene rings is 1. The predicted molar refractivity (Wildman–Crippen MR) is 111 cm³/mol. The fourth-order valence-corrected chi connectivity index (χ4v) is 3.66. The van der Waals surface area contributed by atoms with Crippen molar-refractivity contribution in [3.05, 3.63) is 69.3 Å². The quantitative estimate of drug-likeness (QED) is 0.221. The minimum Gasteiger partial charge on any atom is -0.268 e. The second-order valence-electron chi connectivity index (χ2n) is 7.47. The van der Waals surface area contributed by atoms with E-state index in [1.54, 1.807) is 0 Å². The summed E-state index contributed by atoms with van der Waals surface area (Å²) < 4.78 is 0. The van der Waals surface area contributed by atoms with Gasteiger partial charge in [-0.2, -0.15) is 33.4 Å². The van der Waals surface area contributed by atoms with Gasteiger partial charge in [0.15, 0.2) is 0 Å². The minimum absolute atomic E-state index is 0. The molecule has 0 spiro atoms. The molecule has 1 unspecified atom stereocenters. The van der Waals surface area contributed by atoms with Crippen molar-refractivity contribution in [2.75, 3.05) is 0 Å². The first-order valence-corrected chi connectivity index (χ1v) is 9.85. The molecular weight excluding hydrogens is 479 g/mol. The number of unbranched alkanes of at least 4 members (excludes halogenated alkanes) is 3. The summed E-state index contributed by atoms with van der Waals surface area (Å²) >= 11 is 0. The Morgan fingerprint density at radius 1 is 0.923 bits per heavy atom. The molecule has 0 amide bonds. The van der Waals surface area contributed by atoms with Crippen LogP contribution in [0.25, 0.3) is 6.08 Å². The van der Waals surface area contributed by atoms with Gasteiger partial charge in [-0.05, 0) is 0 Å². The van der Waals surface area contributed by atoms with Crippen LogP contribution in [0.5, 0.6) is 0 Å². The maximum atomic E-state index is 3.47. The molecule has 0 fully saturated rings. The van der Waals surface area contributed by atoms with Gasteiger partial charge in [-0.25, -0.2) is 6.08 Å². The standard InChI is InChI=1S/C15H19.C10H15.Hf/c1-2-3-4-5-8-13-11-12-14-9-6-7-10-15(13)14;1-6-7(2)9(4)10(5)8(6)3;/h6-7,9-10,12-13H,2-5,8H2,1H3;1-5H3;/q2*-1;. The van der Waals surface area contributed by atoms with Crippen LogP contribution in [0, 0.1) is 40.7 Å². The van der Waals surface area contributed by atoms with Crippen LogP contribution in [0.4, 0.5) is 0 Å². The van der Waals surface area contributed by atoms with Crippen LogP contribution in [-0.2, 0) is 25.8 Å². The smallest absolute Gasteiger partial charge is 0 e. The molecular formula is C25H34Hf-2. The first-order valence-electron chi connectivity index (χ1n) is 9.85. The van der Waals surface area contributed by atoms with Gasteiger partial charge in [0.1, 0.15) is 0 Å². The van der Waals surface area contributed by atoms with Crippen LogP contribution in [0.3, 0.4) is 0 Å². The zero-order valence-corrected chi connectivity index (χ0v) is 21.1. The summed E-state index contributed by atoms with van der Waals surface area (Å²) in [6.45, 7) is 13.3. The van der Waals surface area contributed by atoms with Crippen LogP contribution < -0.4 is 0 Å². The molecule has 3 rings (SSSR count). The summed E-state index contributed by atoms with van der Waals surface area (Å²) in [7, 11) is 0. The van der Waals surface area contributed by atoms with Crippen molar-refractivity contribution in [1.82, 2.24) is 0 Å². The van der Waals surface area contributed by atoms with Gasteiger partial charge in [0.2, 0.25) is 0 Å². The Labute approximate surface area is 180 Å². The maximum Gasteiger partial charge on any atom is 0 e. The van der Waals surface area contributed by atoms with E-state index in [4.69, 9.17) is 0 Å².